The second-order valence-electron chi connectivity index (χ2n) is 2.50. The molecule has 0 aromatic carbocycles. The Labute approximate surface area is 92.2 Å². The second kappa shape index (κ2) is 5.22. The maximum Gasteiger partial charge on any atom is 0.213 e. The van der Waals surface area contributed by atoms with Crippen molar-refractivity contribution in [1.29, 1.82) is 10.7 Å². The quantitative estimate of drug-likeness (QED) is 0.356. The molecule has 0 radical (unpaired) electrons. The van der Waals surface area contributed by atoms with Gasteiger partial charge in [0.25, 0.3) is 0 Å². The van der Waals surface area contributed by atoms with Gasteiger partial charge >= 0.3 is 0 Å². The first-order valence-electron chi connectivity index (χ1n) is 4.05. The molecule has 0 saturated heterocycles. The molecule has 1 aromatic rings. The maximum atomic E-state index is 8.87. The fraction of sp³-hybridized carbons (Fsp3) is 0.222. The Hall–Kier alpha value is -1.74. The Bertz CT molecular complexity index is 384. The highest BCUT2D eigenvalue weighted by Crippen LogP contribution is 2.18. The molecule has 6 heteroatoms. The van der Waals surface area contributed by atoms with E-state index in [9.17, 15) is 0 Å². The Morgan fingerprint density at radius 1 is 1.67 bits per heavy atom. The number of methoxy groups -OCH3 is 1. The van der Waals surface area contributed by atoms with Gasteiger partial charge in [-0.15, -0.1) is 0 Å². The first-order valence-corrected chi connectivity index (χ1v) is 5.28. The smallest absolute Gasteiger partial charge is 0.213 e. The van der Waals surface area contributed by atoms with E-state index in [1.54, 1.807) is 18.4 Å². The zero-order valence-corrected chi connectivity index (χ0v) is 9.21. The molecule has 1 heterocycles. The number of anilines is 1. The zero-order valence-electron chi connectivity index (χ0n) is 8.39. The van der Waals surface area contributed by atoms with Crippen LogP contribution in [-0.4, -0.2) is 23.5 Å². The van der Waals surface area contributed by atoms with Crippen LogP contribution in [0.25, 0.3) is 0 Å². The van der Waals surface area contributed by atoms with Crippen molar-refractivity contribution in [3.8, 4) is 12.1 Å². The molecule has 0 aliphatic rings. The SMILES string of the molecule is COc1ccc(N(C#N)C(=N)SC)cn1. The van der Waals surface area contributed by atoms with Crippen LogP contribution in [0.15, 0.2) is 18.3 Å². The van der Waals surface area contributed by atoms with Gasteiger partial charge in [0.2, 0.25) is 5.88 Å². The average molecular weight is 222 g/mol. The number of thioether (sulfide) groups is 1. The fourth-order valence-electron chi connectivity index (χ4n) is 0.937. The van der Waals surface area contributed by atoms with Gasteiger partial charge in [0.05, 0.1) is 19.0 Å². The van der Waals surface area contributed by atoms with E-state index < -0.39 is 0 Å². The van der Waals surface area contributed by atoms with Gasteiger partial charge in [-0.1, -0.05) is 11.8 Å². The van der Waals surface area contributed by atoms with Crippen molar-refractivity contribution >= 4 is 22.6 Å². The summed E-state index contributed by atoms with van der Waals surface area (Å²) < 4.78 is 4.90. The molecule has 0 atom stereocenters. The molecule has 1 aromatic heterocycles. The van der Waals surface area contributed by atoms with Crippen LogP contribution in [-0.2, 0) is 0 Å². The van der Waals surface area contributed by atoms with E-state index in [4.69, 9.17) is 15.4 Å². The number of aromatic nitrogens is 1. The van der Waals surface area contributed by atoms with Crippen molar-refractivity contribution in [1.82, 2.24) is 4.98 Å². The van der Waals surface area contributed by atoms with Crippen LogP contribution in [0.5, 0.6) is 5.88 Å². The lowest BCUT2D eigenvalue weighted by Gasteiger charge is -2.13. The number of hydrogen-bond acceptors (Lipinski definition) is 5. The van der Waals surface area contributed by atoms with Crippen LogP contribution >= 0.6 is 11.8 Å². The number of pyridine rings is 1. The van der Waals surface area contributed by atoms with E-state index in [-0.39, 0.29) is 5.17 Å². The predicted molar refractivity (Wildman–Crippen MR) is 60.1 cm³/mol. The van der Waals surface area contributed by atoms with Crippen LogP contribution < -0.4 is 9.64 Å². The van der Waals surface area contributed by atoms with Gasteiger partial charge in [0, 0.05) is 6.07 Å². The van der Waals surface area contributed by atoms with E-state index in [1.165, 1.54) is 30.0 Å². The lowest BCUT2D eigenvalue weighted by molar-refractivity contribution is 0.398. The molecule has 1 rings (SSSR count). The van der Waals surface area contributed by atoms with Gasteiger partial charge < -0.3 is 4.74 Å². The van der Waals surface area contributed by atoms with Gasteiger partial charge in [-0.3, -0.25) is 5.41 Å². The summed E-state index contributed by atoms with van der Waals surface area (Å²) >= 11 is 1.19. The standard InChI is InChI=1S/C9H10N4OS/c1-14-8-4-3-7(5-12-8)13(6-10)9(11)15-2/h3-5,11H,1-2H3. The third kappa shape index (κ3) is 2.60. The van der Waals surface area contributed by atoms with Crippen LogP contribution in [0.3, 0.4) is 0 Å². The molecule has 0 aliphatic carbocycles. The minimum Gasteiger partial charge on any atom is -0.481 e. The van der Waals surface area contributed by atoms with Crippen LogP contribution in [0.4, 0.5) is 5.69 Å². The molecule has 0 amide bonds. The van der Waals surface area contributed by atoms with Crippen LogP contribution in [0.2, 0.25) is 0 Å². The van der Waals surface area contributed by atoms with Crippen molar-refractivity contribution < 1.29 is 4.74 Å². The van der Waals surface area contributed by atoms with E-state index in [1.807, 2.05) is 6.19 Å². The Morgan fingerprint density at radius 2 is 2.40 bits per heavy atom. The zero-order chi connectivity index (χ0) is 11.3. The molecule has 5 nitrogen and oxygen atoms in total. The van der Waals surface area contributed by atoms with Gasteiger partial charge in [0.15, 0.2) is 11.4 Å². The Kier molecular flexibility index (Phi) is 3.94. The normalized spacial score (nSPS) is 9.13. The molecule has 0 fully saturated rings. The topological polar surface area (TPSA) is 73.0 Å². The molecule has 78 valence electrons. The van der Waals surface area contributed by atoms with Gasteiger partial charge in [0.1, 0.15) is 0 Å². The number of hydrogen-bond donors (Lipinski definition) is 1. The summed E-state index contributed by atoms with van der Waals surface area (Å²) in [6.45, 7) is 0. The molecule has 0 bridgehead atoms. The summed E-state index contributed by atoms with van der Waals surface area (Å²) in [5.74, 6) is 0.479. The van der Waals surface area contributed by atoms with Crippen molar-refractivity contribution in [3.63, 3.8) is 0 Å². The first kappa shape index (κ1) is 11.3. The number of ether oxygens (including phenoxy) is 1. The molecule has 15 heavy (non-hydrogen) atoms. The average Bonchev–Trinajstić information content (AvgIpc) is 2.30. The fourth-order valence-corrected chi connectivity index (χ4v) is 1.27. The minimum atomic E-state index is 0.157. The third-order valence-electron chi connectivity index (χ3n) is 1.68. The van der Waals surface area contributed by atoms with Crippen molar-refractivity contribution in [2.24, 2.45) is 0 Å². The number of amidine groups is 1. The van der Waals surface area contributed by atoms with Crippen molar-refractivity contribution in [2.45, 2.75) is 0 Å². The number of nitrogens with one attached hydrogen (secondary N) is 1. The molecule has 0 unspecified atom stereocenters. The summed E-state index contributed by atoms with van der Waals surface area (Å²) in [6.07, 6.45) is 5.15. The summed E-state index contributed by atoms with van der Waals surface area (Å²) in [5.41, 5.74) is 0.553. The van der Waals surface area contributed by atoms with E-state index >= 15 is 0 Å². The molecule has 0 aliphatic heterocycles. The van der Waals surface area contributed by atoms with Gasteiger partial charge in [-0.2, -0.15) is 5.26 Å². The first-order chi connectivity index (χ1) is 7.22. The van der Waals surface area contributed by atoms with E-state index in [2.05, 4.69) is 4.98 Å². The monoisotopic (exact) mass is 222 g/mol. The highest BCUT2D eigenvalue weighted by Gasteiger charge is 2.10. The molecule has 1 N–H and O–H groups in total. The number of nitrogens with zero attached hydrogens (tertiary/aromatic N) is 3. The van der Waals surface area contributed by atoms with E-state index in [0.717, 1.165) is 0 Å². The summed E-state index contributed by atoms with van der Waals surface area (Å²) in [5, 5.41) is 16.6. The molecular weight excluding hydrogens is 212 g/mol. The molecular formula is C9H10N4OS. The van der Waals surface area contributed by atoms with Crippen molar-refractivity contribution in [3.05, 3.63) is 18.3 Å². The van der Waals surface area contributed by atoms with Crippen LogP contribution in [0.1, 0.15) is 0 Å². The number of nitriles is 1. The molecule has 0 saturated carbocycles. The Balaban J connectivity index is 2.94. The summed E-state index contributed by atoms with van der Waals surface area (Å²) in [7, 11) is 1.52. The predicted octanol–water partition coefficient (Wildman–Crippen LogP) is 1.68. The molecule has 0 spiro atoms. The Morgan fingerprint density at radius 3 is 2.80 bits per heavy atom. The highest BCUT2D eigenvalue weighted by atomic mass is 32.2. The van der Waals surface area contributed by atoms with Crippen molar-refractivity contribution in [2.75, 3.05) is 18.3 Å². The van der Waals surface area contributed by atoms with Gasteiger partial charge in [-0.25, -0.2) is 9.88 Å². The van der Waals surface area contributed by atoms with Gasteiger partial charge in [-0.05, 0) is 12.3 Å². The summed E-state index contributed by atoms with van der Waals surface area (Å²) in [4.78, 5) is 5.15. The third-order valence-corrected chi connectivity index (χ3v) is 2.25. The largest absolute Gasteiger partial charge is 0.481 e. The summed E-state index contributed by atoms with van der Waals surface area (Å²) in [6, 6.07) is 3.33. The lowest BCUT2D eigenvalue weighted by Crippen LogP contribution is -2.21. The number of rotatable bonds is 2. The second-order valence-corrected chi connectivity index (χ2v) is 3.30. The van der Waals surface area contributed by atoms with Crippen LogP contribution in [0, 0.1) is 16.9 Å². The minimum absolute atomic E-state index is 0.157. The maximum absolute atomic E-state index is 8.87. The van der Waals surface area contributed by atoms with E-state index in [0.29, 0.717) is 11.6 Å². The lowest BCUT2D eigenvalue weighted by atomic mass is 10.4. The highest BCUT2D eigenvalue weighted by molar-refractivity contribution is 8.13.